The van der Waals surface area contributed by atoms with E-state index < -0.39 is 12.9 Å². The van der Waals surface area contributed by atoms with Crippen molar-refractivity contribution >= 4 is 23.6 Å². The molecule has 0 unspecified atom stereocenters. The third-order valence-corrected chi connectivity index (χ3v) is 1.90. The van der Waals surface area contributed by atoms with Crippen LogP contribution in [0.15, 0.2) is 24.3 Å². The summed E-state index contributed by atoms with van der Waals surface area (Å²) >= 11 is 0. The van der Waals surface area contributed by atoms with E-state index in [4.69, 9.17) is 10.0 Å². The molecular weight excluding hydrogens is 172 g/mol. The molecule has 1 aromatic carbocycles. The first-order chi connectivity index (χ1) is 6.18. The van der Waals surface area contributed by atoms with Gasteiger partial charge in [-0.25, -0.2) is 4.39 Å². The average molecular weight is 179 g/mol. The minimum atomic E-state index is -1.59. The molecule has 0 atom stereocenters. The molecule has 0 fully saturated rings. The Labute approximate surface area is 74.0 Å². The number of aromatic amines is 1. The summed E-state index contributed by atoms with van der Waals surface area (Å²) in [7, 11) is -1.59. The highest BCUT2D eigenvalue weighted by Gasteiger charge is 2.14. The summed E-state index contributed by atoms with van der Waals surface area (Å²) in [5.74, 6) is -0.399. The molecule has 0 amide bonds. The van der Waals surface area contributed by atoms with Crippen molar-refractivity contribution in [2.24, 2.45) is 0 Å². The minimum absolute atomic E-state index is 0.195. The molecule has 2 rings (SSSR count). The Morgan fingerprint density at radius 2 is 2.08 bits per heavy atom. The number of rotatable bonds is 1. The summed E-state index contributed by atoms with van der Waals surface area (Å²) in [6, 6.07) is 6.08. The summed E-state index contributed by atoms with van der Waals surface area (Å²) in [4.78, 5) is 2.59. The van der Waals surface area contributed by atoms with Crippen molar-refractivity contribution in [3.05, 3.63) is 30.1 Å². The third-order valence-electron chi connectivity index (χ3n) is 1.90. The molecule has 0 bridgehead atoms. The molecule has 0 saturated heterocycles. The van der Waals surface area contributed by atoms with Gasteiger partial charge in [-0.2, -0.15) is 0 Å². The van der Waals surface area contributed by atoms with Crippen LogP contribution >= 0.6 is 0 Å². The van der Waals surface area contributed by atoms with Crippen LogP contribution < -0.4 is 5.59 Å². The second kappa shape index (κ2) is 2.87. The Balaban J connectivity index is 2.68. The van der Waals surface area contributed by atoms with Crippen molar-refractivity contribution in [3.63, 3.8) is 0 Å². The van der Waals surface area contributed by atoms with E-state index >= 15 is 0 Å². The Morgan fingerprint density at radius 1 is 1.31 bits per heavy atom. The maximum atomic E-state index is 13.1. The molecule has 0 radical (unpaired) electrons. The van der Waals surface area contributed by atoms with Gasteiger partial charge in [-0.15, -0.1) is 0 Å². The van der Waals surface area contributed by atoms with Crippen LogP contribution in [0.1, 0.15) is 0 Å². The van der Waals surface area contributed by atoms with Crippen molar-refractivity contribution in [2.75, 3.05) is 0 Å². The molecule has 2 aromatic rings. The van der Waals surface area contributed by atoms with Crippen molar-refractivity contribution in [1.82, 2.24) is 4.98 Å². The number of H-pyrrole nitrogens is 1. The molecule has 0 spiro atoms. The van der Waals surface area contributed by atoms with Gasteiger partial charge in [0.1, 0.15) is 5.82 Å². The lowest BCUT2D eigenvalue weighted by Crippen LogP contribution is -2.30. The van der Waals surface area contributed by atoms with Crippen LogP contribution in [-0.4, -0.2) is 22.2 Å². The van der Waals surface area contributed by atoms with Crippen LogP contribution in [0.2, 0.25) is 0 Å². The fraction of sp³-hybridized carbons (Fsp3) is 0. The molecule has 3 nitrogen and oxygen atoms in total. The molecule has 1 heterocycles. The fourth-order valence-corrected chi connectivity index (χ4v) is 1.28. The quantitative estimate of drug-likeness (QED) is 0.539. The first kappa shape index (κ1) is 8.28. The second-order valence-corrected chi connectivity index (χ2v) is 2.80. The molecule has 13 heavy (non-hydrogen) atoms. The van der Waals surface area contributed by atoms with Crippen LogP contribution in [0.3, 0.4) is 0 Å². The van der Waals surface area contributed by atoms with E-state index in [2.05, 4.69) is 4.98 Å². The number of aromatic nitrogens is 1. The molecule has 5 heteroatoms. The zero-order valence-corrected chi connectivity index (χ0v) is 6.66. The van der Waals surface area contributed by atoms with E-state index in [9.17, 15) is 4.39 Å². The lowest BCUT2D eigenvalue weighted by atomic mass is 9.87. The van der Waals surface area contributed by atoms with Crippen molar-refractivity contribution in [3.8, 4) is 0 Å². The van der Waals surface area contributed by atoms with E-state index in [0.29, 0.717) is 10.9 Å². The van der Waals surface area contributed by atoms with Gasteiger partial charge in [0, 0.05) is 11.0 Å². The van der Waals surface area contributed by atoms with Crippen LogP contribution in [0.25, 0.3) is 10.9 Å². The van der Waals surface area contributed by atoms with Gasteiger partial charge in [-0.1, -0.05) is 12.1 Å². The minimum Gasteiger partial charge on any atom is -0.422 e. The number of nitrogens with one attached hydrogen (secondary N) is 1. The number of halogens is 1. The maximum absolute atomic E-state index is 13.1. The maximum Gasteiger partial charge on any atom is 0.505 e. The highest BCUT2D eigenvalue weighted by Crippen LogP contribution is 2.13. The van der Waals surface area contributed by atoms with Crippen molar-refractivity contribution in [1.29, 1.82) is 0 Å². The van der Waals surface area contributed by atoms with E-state index in [1.807, 2.05) is 0 Å². The normalized spacial score (nSPS) is 10.7. The molecule has 0 aliphatic carbocycles. The molecule has 0 aliphatic rings. The Morgan fingerprint density at radius 3 is 2.69 bits per heavy atom. The van der Waals surface area contributed by atoms with Gasteiger partial charge in [0.15, 0.2) is 0 Å². The standard InChI is InChI=1S/C8H7BFNO2/c10-6-3-1-2-5-4-7(9(12)13)11-8(5)6/h1-4,11-13H. The summed E-state index contributed by atoms with van der Waals surface area (Å²) in [5.41, 5.74) is 0.491. The highest BCUT2D eigenvalue weighted by molar-refractivity contribution is 6.58. The Hall–Kier alpha value is -1.33. The third kappa shape index (κ3) is 1.32. The van der Waals surface area contributed by atoms with Gasteiger partial charge < -0.3 is 15.0 Å². The first-order valence-corrected chi connectivity index (χ1v) is 3.82. The summed E-state index contributed by atoms with van der Waals surface area (Å²) in [6.07, 6.45) is 0. The predicted octanol–water partition coefficient (Wildman–Crippen LogP) is -0.0132. The number of para-hydroxylation sites is 1. The van der Waals surface area contributed by atoms with Gasteiger partial charge in [0.05, 0.1) is 5.52 Å². The van der Waals surface area contributed by atoms with Gasteiger partial charge in [0.25, 0.3) is 0 Å². The molecule has 0 aliphatic heterocycles. The second-order valence-electron chi connectivity index (χ2n) is 2.80. The van der Waals surface area contributed by atoms with Crippen LogP contribution in [0.5, 0.6) is 0 Å². The first-order valence-electron chi connectivity index (χ1n) is 3.82. The zero-order valence-electron chi connectivity index (χ0n) is 6.66. The Kier molecular flexibility index (Phi) is 1.83. The smallest absolute Gasteiger partial charge is 0.422 e. The van der Waals surface area contributed by atoms with Crippen LogP contribution in [0.4, 0.5) is 4.39 Å². The summed E-state index contributed by atoms with van der Waals surface area (Å²) in [5, 5.41) is 18.3. The van der Waals surface area contributed by atoms with E-state index in [-0.39, 0.29) is 5.59 Å². The largest absolute Gasteiger partial charge is 0.505 e. The molecule has 3 N–H and O–H groups in total. The van der Waals surface area contributed by atoms with E-state index in [1.165, 1.54) is 12.1 Å². The molecular formula is C8H7BFNO2. The fourth-order valence-electron chi connectivity index (χ4n) is 1.28. The lowest BCUT2D eigenvalue weighted by Gasteiger charge is -1.91. The molecule has 0 saturated carbocycles. The zero-order chi connectivity index (χ0) is 9.42. The molecule has 1 aromatic heterocycles. The average Bonchev–Trinajstić information content (AvgIpc) is 2.49. The van der Waals surface area contributed by atoms with Gasteiger partial charge in [0.2, 0.25) is 0 Å². The monoisotopic (exact) mass is 179 g/mol. The number of hydrogen-bond acceptors (Lipinski definition) is 2. The van der Waals surface area contributed by atoms with E-state index in [1.54, 1.807) is 12.1 Å². The van der Waals surface area contributed by atoms with Crippen molar-refractivity contribution in [2.45, 2.75) is 0 Å². The van der Waals surface area contributed by atoms with Crippen LogP contribution in [0, 0.1) is 5.82 Å². The highest BCUT2D eigenvalue weighted by atomic mass is 19.1. The lowest BCUT2D eigenvalue weighted by molar-refractivity contribution is 0.424. The van der Waals surface area contributed by atoms with Crippen molar-refractivity contribution < 1.29 is 14.4 Å². The SMILES string of the molecule is OB(O)c1cc2cccc(F)c2[nH]1. The number of benzene rings is 1. The van der Waals surface area contributed by atoms with E-state index in [0.717, 1.165) is 0 Å². The Bertz CT molecular complexity index is 441. The van der Waals surface area contributed by atoms with Crippen LogP contribution in [-0.2, 0) is 0 Å². The number of fused-ring (bicyclic) bond motifs is 1. The molecule has 66 valence electrons. The summed E-state index contributed by atoms with van der Waals surface area (Å²) in [6.45, 7) is 0. The topological polar surface area (TPSA) is 56.2 Å². The van der Waals surface area contributed by atoms with Gasteiger partial charge in [-0.3, -0.25) is 0 Å². The summed E-state index contributed by atoms with van der Waals surface area (Å²) < 4.78 is 13.1. The van der Waals surface area contributed by atoms with Gasteiger partial charge in [-0.05, 0) is 12.1 Å². The predicted molar refractivity (Wildman–Crippen MR) is 48.1 cm³/mol. The van der Waals surface area contributed by atoms with Gasteiger partial charge >= 0.3 is 7.12 Å². The number of hydrogen-bond donors (Lipinski definition) is 3.